The van der Waals surface area contributed by atoms with Crippen LogP contribution in [0.25, 0.3) is 0 Å². The zero-order valence-corrected chi connectivity index (χ0v) is 8.35. The molecule has 0 aliphatic carbocycles. The van der Waals surface area contributed by atoms with Gasteiger partial charge < -0.3 is 10.1 Å². The van der Waals surface area contributed by atoms with Gasteiger partial charge in [-0.05, 0) is 12.8 Å². The van der Waals surface area contributed by atoms with E-state index in [9.17, 15) is 8.42 Å². The fraction of sp³-hybridized carbons (Fsp3) is 1.00. The first-order chi connectivity index (χ1) is 6.16. The van der Waals surface area contributed by atoms with E-state index in [4.69, 9.17) is 4.74 Å². The molecule has 0 aromatic carbocycles. The smallest absolute Gasteiger partial charge is 0.151 e. The Morgan fingerprint density at radius 3 is 2.54 bits per heavy atom. The van der Waals surface area contributed by atoms with Crippen LogP contribution in [0.2, 0.25) is 0 Å². The van der Waals surface area contributed by atoms with Crippen LogP contribution < -0.4 is 5.32 Å². The van der Waals surface area contributed by atoms with Gasteiger partial charge in [-0.25, -0.2) is 8.42 Å². The lowest BCUT2D eigenvalue weighted by molar-refractivity contribution is -0.00949. The van der Waals surface area contributed by atoms with Gasteiger partial charge in [-0.2, -0.15) is 0 Å². The summed E-state index contributed by atoms with van der Waals surface area (Å²) >= 11 is 0. The molecule has 2 fully saturated rings. The van der Waals surface area contributed by atoms with Gasteiger partial charge in [0.15, 0.2) is 9.84 Å². The molecule has 76 valence electrons. The quantitative estimate of drug-likeness (QED) is 0.663. The minimum absolute atomic E-state index is 0.160. The Kier molecular flexibility index (Phi) is 2.58. The van der Waals surface area contributed by atoms with Gasteiger partial charge in [0.05, 0.1) is 30.8 Å². The average Bonchev–Trinajstić information content (AvgIpc) is 1.95. The molecule has 0 amide bonds. The molecule has 1 N–H and O–H groups in total. The van der Waals surface area contributed by atoms with Gasteiger partial charge in [-0.1, -0.05) is 0 Å². The summed E-state index contributed by atoms with van der Waals surface area (Å²) in [4.78, 5) is 0. The Bertz CT molecular complexity index is 271. The van der Waals surface area contributed by atoms with Crippen molar-refractivity contribution in [3.05, 3.63) is 0 Å². The van der Waals surface area contributed by atoms with Crippen LogP contribution >= 0.6 is 0 Å². The summed E-state index contributed by atoms with van der Waals surface area (Å²) in [6, 6.07) is 0.547. The number of ether oxygens (including phenoxy) is 1. The number of nitrogens with one attached hydrogen (secondary N) is 1. The van der Waals surface area contributed by atoms with Crippen molar-refractivity contribution in [3.8, 4) is 0 Å². The molecule has 0 aromatic rings. The van der Waals surface area contributed by atoms with E-state index in [1.165, 1.54) is 0 Å². The third kappa shape index (κ3) is 2.42. The highest BCUT2D eigenvalue weighted by Crippen LogP contribution is 2.13. The van der Waals surface area contributed by atoms with Gasteiger partial charge >= 0.3 is 0 Å². The van der Waals surface area contributed by atoms with Crippen molar-refractivity contribution in [1.29, 1.82) is 0 Å². The summed E-state index contributed by atoms with van der Waals surface area (Å²) in [6.07, 6.45) is 1.78. The molecule has 1 atom stereocenters. The molecule has 2 saturated heterocycles. The van der Waals surface area contributed by atoms with Crippen molar-refractivity contribution in [1.82, 2.24) is 5.32 Å². The molecule has 0 saturated carbocycles. The van der Waals surface area contributed by atoms with Crippen molar-refractivity contribution in [2.45, 2.75) is 24.9 Å². The maximum Gasteiger partial charge on any atom is 0.151 e. The van der Waals surface area contributed by atoms with E-state index in [-0.39, 0.29) is 6.04 Å². The van der Waals surface area contributed by atoms with Crippen LogP contribution in [0, 0.1) is 0 Å². The van der Waals surface area contributed by atoms with Gasteiger partial charge in [0, 0.05) is 6.04 Å². The second kappa shape index (κ2) is 3.55. The molecule has 0 bridgehead atoms. The van der Waals surface area contributed by atoms with E-state index in [2.05, 4.69) is 5.32 Å². The van der Waals surface area contributed by atoms with Crippen LogP contribution in [0.4, 0.5) is 0 Å². The zero-order chi connectivity index (χ0) is 9.31. The van der Waals surface area contributed by atoms with Crippen LogP contribution in [0.1, 0.15) is 12.8 Å². The molecule has 2 aliphatic rings. The third-order valence-corrected chi connectivity index (χ3v) is 4.39. The van der Waals surface area contributed by atoms with E-state index in [0.717, 1.165) is 26.1 Å². The lowest BCUT2D eigenvalue weighted by atomic mass is 10.1. The van der Waals surface area contributed by atoms with Gasteiger partial charge in [-0.15, -0.1) is 0 Å². The Balaban J connectivity index is 1.85. The fourth-order valence-corrected chi connectivity index (χ4v) is 3.47. The van der Waals surface area contributed by atoms with Gasteiger partial charge in [0.25, 0.3) is 0 Å². The second-order valence-corrected chi connectivity index (χ2v) is 6.08. The van der Waals surface area contributed by atoms with Gasteiger partial charge in [0.2, 0.25) is 0 Å². The minimum atomic E-state index is -2.76. The lowest BCUT2D eigenvalue weighted by Crippen LogP contribution is -2.53. The van der Waals surface area contributed by atoms with Gasteiger partial charge in [-0.3, -0.25) is 0 Å². The molecular weight excluding hydrogens is 190 g/mol. The zero-order valence-electron chi connectivity index (χ0n) is 7.53. The number of rotatable bonds is 2. The summed E-state index contributed by atoms with van der Waals surface area (Å²) in [5.41, 5.74) is 0. The summed E-state index contributed by atoms with van der Waals surface area (Å²) in [5.74, 6) is 0.676. The highest BCUT2D eigenvalue weighted by molar-refractivity contribution is 7.91. The molecule has 5 heteroatoms. The SMILES string of the molecule is O=S1(=O)CCCC(NC2COC2)C1. The van der Waals surface area contributed by atoms with E-state index in [1.807, 2.05) is 0 Å². The van der Waals surface area contributed by atoms with Crippen molar-refractivity contribution >= 4 is 9.84 Å². The highest BCUT2D eigenvalue weighted by atomic mass is 32.2. The number of sulfone groups is 1. The van der Waals surface area contributed by atoms with Crippen LogP contribution in [-0.2, 0) is 14.6 Å². The lowest BCUT2D eigenvalue weighted by Gasteiger charge is -2.33. The molecule has 4 nitrogen and oxygen atoms in total. The van der Waals surface area contributed by atoms with Crippen LogP contribution in [0.15, 0.2) is 0 Å². The maximum absolute atomic E-state index is 11.3. The summed E-state index contributed by atoms with van der Waals surface area (Å²) in [5, 5.41) is 3.31. The Morgan fingerprint density at radius 2 is 2.00 bits per heavy atom. The molecule has 0 aromatic heterocycles. The predicted molar refractivity (Wildman–Crippen MR) is 49.4 cm³/mol. The summed E-state index contributed by atoms with van der Waals surface area (Å²) < 4.78 is 27.6. The van der Waals surface area contributed by atoms with Crippen LogP contribution in [-0.4, -0.2) is 45.2 Å². The molecule has 0 spiro atoms. The van der Waals surface area contributed by atoms with E-state index in [1.54, 1.807) is 0 Å². The van der Waals surface area contributed by atoms with E-state index < -0.39 is 9.84 Å². The maximum atomic E-state index is 11.3. The van der Waals surface area contributed by atoms with Crippen LogP contribution in [0.5, 0.6) is 0 Å². The third-order valence-electron chi connectivity index (χ3n) is 2.57. The Hall–Kier alpha value is -0.130. The van der Waals surface area contributed by atoms with Crippen LogP contribution in [0.3, 0.4) is 0 Å². The normalized spacial score (nSPS) is 34.0. The first-order valence-electron chi connectivity index (χ1n) is 4.70. The number of hydrogen-bond donors (Lipinski definition) is 1. The molecule has 2 heterocycles. The van der Waals surface area contributed by atoms with Crippen molar-refractivity contribution in [2.75, 3.05) is 24.7 Å². The highest BCUT2D eigenvalue weighted by Gasteiger charge is 2.28. The monoisotopic (exact) mass is 205 g/mol. The fourth-order valence-electron chi connectivity index (χ4n) is 1.82. The van der Waals surface area contributed by atoms with E-state index >= 15 is 0 Å². The standard InChI is InChI=1S/C8H15NO3S/c10-13(11)3-1-2-7(6-13)9-8-4-12-5-8/h7-9H,1-6H2. The van der Waals surface area contributed by atoms with Crippen molar-refractivity contribution in [2.24, 2.45) is 0 Å². The summed E-state index contributed by atoms with van der Waals surface area (Å²) in [6.45, 7) is 1.47. The van der Waals surface area contributed by atoms with Crippen molar-refractivity contribution in [3.63, 3.8) is 0 Å². The number of hydrogen-bond acceptors (Lipinski definition) is 4. The molecule has 1 unspecified atom stereocenters. The molecule has 2 rings (SSSR count). The van der Waals surface area contributed by atoms with Gasteiger partial charge in [0.1, 0.15) is 0 Å². The van der Waals surface area contributed by atoms with Crippen molar-refractivity contribution < 1.29 is 13.2 Å². The molecule has 13 heavy (non-hydrogen) atoms. The first-order valence-corrected chi connectivity index (χ1v) is 6.52. The second-order valence-electron chi connectivity index (χ2n) is 3.85. The average molecular weight is 205 g/mol. The predicted octanol–water partition coefficient (Wildman–Crippen LogP) is -0.448. The minimum Gasteiger partial charge on any atom is -0.378 e. The topological polar surface area (TPSA) is 55.4 Å². The molecule has 2 aliphatic heterocycles. The largest absolute Gasteiger partial charge is 0.378 e. The first kappa shape index (κ1) is 9.43. The van der Waals surface area contributed by atoms with E-state index in [0.29, 0.717) is 17.5 Å². The Labute approximate surface area is 78.6 Å². The summed E-state index contributed by atoms with van der Waals surface area (Å²) in [7, 11) is -2.76. The Morgan fingerprint density at radius 1 is 1.23 bits per heavy atom. The molecular formula is C8H15NO3S. The molecule has 0 radical (unpaired) electrons.